The molecule has 36 heavy (non-hydrogen) atoms. The number of aliphatic hydroxyl groups excluding tert-OH is 1. The van der Waals surface area contributed by atoms with Crippen molar-refractivity contribution in [1.82, 2.24) is 9.21 Å². The van der Waals surface area contributed by atoms with E-state index >= 15 is 0 Å². The van der Waals surface area contributed by atoms with Gasteiger partial charge in [-0.3, -0.25) is 4.90 Å². The van der Waals surface area contributed by atoms with Crippen molar-refractivity contribution in [1.29, 1.82) is 0 Å². The van der Waals surface area contributed by atoms with Crippen molar-refractivity contribution in [2.24, 2.45) is 0 Å². The minimum atomic E-state index is -4.82. The largest absolute Gasteiger partial charge is 0.421 e. The van der Waals surface area contributed by atoms with Crippen molar-refractivity contribution in [3.05, 3.63) is 47.3 Å². The van der Waals surface area contributed by atoms with Crippen molar-refractivity contribution in [2.75, 3.05) is 57.4 Å². The van der Waals surface area contributed by atoms with Gasteiger partial charge in [-0.1, -0.05) is 18.2 Å². The molecule has 0 saturated carbocycles. The Morgan fingerprint density at radius 2 is 1.83 bits per heavy atom. The molecule has 0 radical (unpaired) electrons. The summed E-state index contributed by atoms with van der Waals surface area (Å²) in [5, 5.41) is 21.5. The van der Waals surface area contributed by atoms with Gasteiger partial charge < -0.3 is 19.8 Å². The van der Waals surface area contributed by atoms with Crippen LogP contribution >= 0.6 is 11.3 Å². The number of hydrogen-bond acceptors (Lipinski definition) is 8. The predicted molar refractivity (Wildman–Crippen MR) is 130 cm³/mol. The number of benzene rings is 1. The summed E-state index contributed by atoms with van der Waals surface area (Å²) in [5.74, 6) is 0. The van der Waals surface area contributed by atoms with E-state index in [-0.39, 0.29) is 41.6 Å². The number of ether oxygens (including phenoxy) is 1. The minimum absolute atomic E-state index is 0.106. The number of sulfonamides is 1. The molecule has 2 aliphatic heterocycles. The fourth-order valence-electron chi connectivity index (χ4n) is 4.59. The molecule has 0 spiro atoms. The van der Waals surface area contributed by atoms with Crippen molar-refractivity contribution >= 4 is 27.0 Å². The summed E-state index contributed by atoms with van der Waals surface area (Å²) in [6, 6.07) is 8.24. The second-order valence-corrected chi connectivity index (χ2v) is 12.3. The number of nitrogens with zero attached hydrogens (tertiary/aromatic N) is 3. The van der Waals surface area contributed by atoms with E-state index in [4.69, 9.17) is 4.74 Å². The normalized spacial score (nSPS) is 24.6. The Morgan fingerprint density at radius 3 is 2.44 bits per heavy atom. The summed E-state index contributed by atoms with van der Waals surface area (Å²) in [6.07, 6.45) is -4.82. The lowest BCUT2D eigenvalue weighted by Gasteiger charge is -2.45. The topological polar surface area (TPSA) is 93.6 Å². The first kappa shape index (κ1) is 27.3. The Bertz CT molecular complexity index is 1110. The van der Waals surface area contributed by atoms with Crippen LogP contribution in [0.25, 0.3) is 0 Å². The van der Waals surface area contributed by atoms with Crippen LogP contribution in [-0.4, -0.2) is 98.6 Å². The summed E-state index contributed by atoms with van der Waals surface area (Å²) in [7, 11) is -3.69. The third-order valence-corrected chi connectivity index (χ3v) is 10.1. The van der Waals surface area contributed by atoms with Gasteiger partial charge in [0.05, 0.1) is 31.9 Å². The van der Waals surface area contributed by atoms with Gasteiger partial charge in [0.25, 0.3) is 10.0 Å². The van der Waals surface area contributed by atoms with E-state index in [0.29, 0.717) is 45.5 Å². The first-order chi connectivity index (χ1) is 16.9. The predicted octanol–water partition coefficient (Wildman–Crippen LogP) is 2.09. The summed E-state index contributed by atoms with van der Waals surface area (Å²) < 4.78 is 73.4. The number of halogens is 3. The molecule has 0 aliphatic carbocycles. The molecule has 3 atom stereocenters. The number of aliphatic hydroxyl groups is 2. The van der Waals surface area contributed by atoms with Crippen LogP contribution in [0.2, 0.25) is 0 Å². The lowest BCUT2D eigenvalue weighted by molar-refractivity contribution is -0.258. The molecule has 2 aromatic rings. The van der Waals surface area contributed by atoms with Gasteiger partial charge >= 0.3 is 6.18 Å². The Morgan fingerprint density at radius 1 is 1.11 bits per heavy atom. The van der Waals surface area contributed by atoms with Crippen LogP contribution < -0.4 is 4.90 Å². The number of morpholine rings is 1. The Balaban J connectivity index is 1.61. The Hall–Kier alpha value is -1.74. The fourth-order valence-corrected chi connectivity index (χ4v) is 7.20. The second kappa shape index (κ2) is 10.6. The summed E-state index contributed by atoms with van der Waals surface area (Å²) in [6.45, 7) is 3.19. The molecule has 2 saturated heterocycles. The van der Waals surface area contributed by atoms with Crippen LogP contribution in [-0.2, 0) is 20.4 Å². The SMILES string of the molecule is CC(O)(c1ccc(N2CCN(S(=O)(=O)c3cccs3)C[C@H]2CN2CCOC[C@H]2CO)cc1)C(F)(F)F. The molecule has 1 unspecified atom stereocenters. The molecule has 1 aromatic heterocycles. The Labute approximate surface area is 212 Å². The van der Waals surface area contributed by atoms with Crippen LogP contribution in [0.5, 0.6) is 0 Å². The zero-order valence-electron chi connectivity index (χ0n) is 19.8. The third kappa shape index (κ3) is 5.42. The monoisotopic (exact) mass is 549 g/mol. The van der Waals surface area contributed by atoms with Crippen molar-refractivity contribution in [3.8, 4) is 0 Å². The van der Waals surface area contributed by atoms with Gasteiger partial charge in [0.2, 0.25) is 0 Å². The molecule has 2 aliphatic rings. The van der Waals surface area contributed by atoms with Crippen molar-refractivity contribution < 1.29 is 36.5 Å². The van der Waals surface area contributed by atoms with Gasteiger partial charge in [-0.25, -0.2) is 8.42 Å². The standard InChI is InChI=1S/C23H30F3N3O5S2/c1-22(31,23(24,25)26)17-4-6-18(7-5-17)29-9-8-28(36(32,33)21-3-2-12-35-21)14-19(29)13-27-10-11-34-16-20(27)15-30/h2-7,12,19-20,30-31H,8-11,13-16H2,1H3/t19-,20-,22?/m1/s1. The van der Waals surface area contributed by atoms with Gasteiger partial charge in [-0.2, -0.15) is 17.5 Å². The number of anilines is 1. The molecule has 0 amide bonds. The fraction of sp³-hybridized carbons (Fsp3) is 0.565. The van der Waals surface area contributed by atoms with E-state index in [1.807, 2.05) is 4.90 Å². The number of rotatable bonds is 7. The van der Waals surface area contributed by atoms with Crippen molar-refractivity contribution in [3.63, 3.8) is 0 Å². The third-order valence-electron chi connectivity index (χ3n) is 6.85. The van der Waals surface area contributed by atoms with Crippen molar-refractivity contribution in [2.45, 2.75) is 35.0 Å². The highest BCUT2D eigenvalue weighted by atomic mass is 32.2. The van der Waals surface area contributed by atoms with Gasteiger partial charge in [-0.15, -0.1) is 11.3 Å². The average Bonchev–Trinajstić information content (AvgIpc) is 3.40. The quantitative estimate of drug-likeness (QED) is 0.547. The average molecular weight is 550 g/mol. The van der Waals surface area contributed by atoms with E-state index in [1.165, 1.54) is 28.6 Å². The number of thiophene rings is 1. The maximum absolute atomic E-state index is 13.3. The highest BCUT2D eigenvalue weighted by Gasteiger charge is 2.51. The molecule has 200 valence electrons. The van der Waals surface area contributed by atoms with Gasteiger partial charge in [0.15, 0.2) is 5.60 Å². The molecule has 3 heterocycles. The molecular weight excluding hydrogens is 519 g/mol. The summed E-state index contributed by atoms with van der Waals surface area (Å²) in [5.41, 5.74) is -2.63. The molecular formula is C23H30F3N3O5S2. The highest BCUT2D eigenvalue weighted by Crippen LogP contribution is 2.39. The van der Waals surface area contributed by atoms with Crippen LogP contribution in [0.3, 0.4) is 0 Å². The smallest absolute Gasteiger partial charge is 0.395 e. The maximum atomic E-state index is 13.3. The molecule has 4 rings (SSSR count). The number of piperazine rings is 1. The van der Waals surface area contributed by atoms with E-state index < -0.39 is 21.8 Å². The maximum Gasteiger partial charge on any atom is 0.421 e. The van der Waals surface area contributed by atoms with Crippen LogP contribution in [0.4, 0.5) is 18.9 Å². The molecule has 13 heteroatoms. The molecule has 1 aromatic carbocycles. The van der Waals surface area contributed by atoms with E-state index in [1.54, 1.807) is 17.5 Å². The number of hydrogen-bond donors (Lipinski definition) is 2. The van der Waals surface area contributed by atoms with Gasteiger partial charge in [0, 0.05) is 38.4 Å². The van der Waals surface area contributed by atoms with E-state index in [2.05, 4.69) is 4.90 Å². The summed E-state index contributed by atoms with van der Waals surface area (Å²) >= 11 is 1.15. The lowest BCUT2D eigenvalue weighted by atomic mass is 9.95. The zero-order valence-corrected chi connectivity index (χ0v) is 21.4. The molecule has 8 nitrogen and oxygen atoms in total. The lowest BCUT2D eigenvalue weighted by Crippen LogP contribution is -2.60. The zero-order chi connectivity index (χ0) is 26.1. The van der Waals surface area contributed by atoms with E-state index in [0.717, 1.165) is 11.3 Å². The first-order valence-electron chi connectivity index (χ1n) is 11.6. The van der Waals surface area contributed by atoms with Crippen LogP contribution in [0.1, 0.15) is 12.5 Å². The molecule has 2 fully saturated rings. The summed E-state index contributed by atoms with van der Waals surface area (Å²) in [4.78, 5) is 4.04. The first-order valence-corrected chi connectivity index (χ1v) is 13.9. The molecule has 0 bridgehead atoms. The van der Waals surface area contributed by atoms with Crippen LogP contribution in [0, 0.1) is 0 Å². The number of alkyl halides is 3. The second-order valence-electron chi connectivity index (χ2n) is 9.17. The van der Waals surface area contributed by atoms with E-state index in [9.17, 15) is 31.8 Å². The van der Waals surface area contributed by atoms with Crippen LogP contribution in [0.15, 0.2) is 46.0 Å². The molecule has 2 N–H and O–H groups in total. The minimum Gasteiger partial charge on any atom is -0.395 e. The Kier molecular flexibility index (Phi) is 8.01. The van der Waals surface area contributed by atoms with Gasteiger partial charge in [0.1, 0.15) is 4.21 Å². The van der Waals surface area contributed by atoms with Gasteiger partial charge in [-0.05, 0) is 36.1 Å². The highest BCUT2D eigenvalue weighted by molar-refractivity contribution is 7.91.